The first-order valence-electron chi connectivity index (χ1n) is 5.69. The quantitative estimate of drug-likeness (QED) is 0.588. The van der Waals surface area contributed by atoms with Crippen LogP contribution in [0.4, 0.5) is 0 Å². The Kier molecular flexibility index (Phi) is 5.35. The molecule has 0 amide bonds. The molecule has 0 aliphatic rings. The summed E-state index contributed by atoms with van der Waals surface area (Å²) < 4.78 is 10.1. The van der Waals surface area contributed by atoms with Crippen molar-refractivity contribution < 1.29 is 19.1 Å². The van der Waals surface area contributed by atoms with E-state index < -0.39 is 16.0 Å². The predicted molar refractivity (Wildman–Crippen MR) is 76.7 cm³/mol. The van der Waals surface area contributed by atoms with Crippen LogP contribution in [0.5, 0.6) is 5.88 Å². The third kappa shape index (κ3) is 4.90. The van der Waals surface area contributed by atoms with Crippen LogP contribution >= 0.6 is 10.0 Å². The second-order valence-corrected chi connectivity index (χ2v) is 9.45. The van der Waals surface area contributed by atoms with Gasteiger partial charge in [-0.15, -0.1) is 0 Å². The maximum Gasteiger partial charge on any atom is 0.340 e. The molecular weight excluding hydrogens is 266 g/mol. The van der Waals surface area contributed by atoms with Crippen molar-refractivity contribution in [2.24, 2.45) is 0 Å². The lowest BCUT2D eigenvalue weighted by Gasteiger charge is -2.24. The van der Waals surface area contributed by atoms with Crippen LogP contribution in [0.25, 0.3) is 0 Å². The SMILES string of the molecule is COC(=O)c1cnc(OCCS(C)(C)C)cc1C=O. The van der Waals surface area contributed by atoms with Crippen LogP contribution in [0.3, 0.4) is 0 Å². The molecule has 1 rings (SSSR count). The molecule has 0 radical (unpaired) electrons. The molecule has 0 aliphatic heterocycles. The van der Waals surface area contributed by atoms with Crippen LogP contribution in [-0.4, -0.2) is 55.5 Å². The minimum absolute atomic E-state index is 0.145. The molecule has 5 nitrogen and oxygen atoms in total. The molecule has 1 heterocycles. The highest BCUT2D eigenvalue weighted by atomic mass is 32.3. The van der Waals surface area contributed by atoms with Crippen LogP contribution in [0.15, 0.2) is 12.3 Å². The predicted octanol–water partition coefficient (Wildman–Crippen LogP) is 1.75. The minimum Gasteiger partial charge on any atom is -0.477 e. The highest BCUT2D eigenvalue weighted by Crippen LogP contribution is 2.33. The number of nitrogens with zero attached hydrogens (tertiary/aromatic N) is 1. The van der Waals surface area contributed by atoms with Crippen LogP contribution in [0.1, 0.15) is 20.7 Å². The number of pyridine rings is 1. The molecule has 0 spiro atoms. The van der Waals surface area contributed by atoms with Crippen molar-refractivity contribution >= 4 is 22.3 Å². The molecule has 19 heavy (non-hydrogen) atoms. The number of aromatic nitrogens is 1. The van der Waals surface area contributed by atoms with Crippen LogP contribution < -0.4 is 4.74 Å². The van der Waals surface area contributed by atoms with Crippen LogP contribution in [0, 0.1) is 0 Å². The molecule has 0 fully saturated rings. The molecule has 1 aromatic heterocycles. The van der Waals surface area contributed by atoms with Crippen LogP contribution in [-0.2, 0) is 4.74 Å². The number of carbonyl (C=O) groups is 2. The Morgan fingerprint density at radius 2 is 2.11 bits per heavy atom. The Hall–Kier alpha value is -1.56. The summed E-state index contributed by atoms with van der Waals surface area (Å²) in [6, 6.07) is 1.46. The molecule has 0 saturated heterocycles. The largest absolute Gasteiger partial charge is 0.477 e. The molecule has 6 heteroatoms. The Balaban J connectivity index is 2.77. The van der Waals surface area contributed by atoms with Gasteiger partial charge in [-0.25, -0.2) is 19.8 Å². The van der Waals surface area contributed by atoms with E-state index >= 15 is 0 Å². The first-order valence-corrected chi connectivity index (χ1v) is 8.72. The molecule has 0 N–H and O–H groups in total. The Labute approximate surface area is 114 Å². The number of carbonyl (C=O) groups excluding carboxylic acids is 2. The average molecular weight is 285 g/mol. The fourth-order valence-corrected chi connectivity index (χ4v) is 1.89. The molecule has 0 atom stereocenters. The summed E-state index contributed by atoms with van der Waals surface area (Å²) in [5.41, 5.74) is 0.367. The van der Waals surface area contributed by atoms with Crippen molar-refractivity contribution in [2.75, 3.05) is 38.2 Å². The van der Waals surface area contributed by atoms with E-state index in [1.54, 1.807) is 0 Å². The molecule has 0 bridgehead atoms. The van der Waals surface area contributed by atoms with Gasteiger partial charge in [-0.05, 0) is 18.8 Å². The molecule has 0 aliphatic carbocycles. The fourth-order valence-electron chi connectivity index (χ4n) is 1.30. The maximum absolute atomic E-state index is 11.4. The van der Waals surface area contributed by atoms with Gasteiger partial charge in [-0.2, -0.15) is 0 Å². The van der Waals surface area contributed by atoms with Gasteiger partial charge in [-0.1, -0.05) is 0 Å². The van der Waals surface area contributed by atoms with Gasteiger partial charge in [0.15, 0.2) is 6.29 Å². The monoisotopic (exact) mass is 285 g/mol. The normalized spacial score (nSPS) is 11.8. The van der Waals surface area contributed by atoms with E-state index in [-0.39, 0.29) is 11.1 Å². The van der Waals surface area contributed by atoms with Gasteiger partial charge in [0.2, 0.25) is 5.88 Å². The Morgan fingerprint density at radius 1 is 1.42 bits per heavy atom. The van der Waals surface area contributed by atoms with E-state index in [9.17, 15) is 9.59 Å². The zero-order valence-corrected chi connectivity index (χ0v) is 12.5. The fraction of sp³-hybridized carbons (Fsp3) is 0.462. The third-order valence-corrected chi connectivity index (χ3v) is 3.78. The molecule has 0 aromatic carbocycles. The van der Waals surface area contributed by atoms with Gasteiger partial charge in [0.1, 0.15) is 0 Å². The lowest BCUT2D eigenvalue weighted by Crippen LogP contribution is -2.11. The zero-order valence-electron chi connectivity index (χ0n) is 11.6. The Morgan fingerprint density at radius 3 is 2.63 bits per heavy atom. The van der Waals surface area contributed by atoms with Crippen molar-refractivity contribution in [3.05, 3.63) is 23.4 Å². The summed E-state index contributed by atoms with van der Waals surface area (Å²) >= 11 is 0. The summed E-state index contributed by atoms with van der Waals surface area (Å²) in [6.07, 6.45) is 8.48. The highest BCUT2D eigenvalue weighted by molar-refractivity contribution is 8.32. The lowest BCUT2D eigenvalue weighted by molar-refractivity contribution is 0.0597. The zero-order chi connectivity index (χ0) is 14.5. The maximum atomic E-state index is 11.4. The first kappa shape index (κ1) is 15.5. The van der Waals surface area contributed by atoms with Gasteiger partial charge >= 0.3 is 5.97 Å². The Bertz CT molecular complexity index is 468. The number of ether oxygens (including phenoxy) is 2. The number of aldehydes is 1. The van der Waals surface area contributed by atoms with E-state index in [2.05, 4.69) is 28.5 Å². The number of esters is 1. The molecule has 1 aromatic rings. The number of hydrogen-bond acceptors (Lipinski definition) is 5. The second kappa shape index (κ2) is 6.56. The van der Waals surface area contributed by atoms with Crippen molar-refractivity contribution in [3.63, 3.8) is 0 Å². The molecule has 0 unspecified atom stereocenters. The van der Waals surface area contributed by atoms with E-state index in [0.29, 0.717) is 18.8 Å². The first-order chi connectivity index (χ1) is 8.87. The van der Waals surface area contributed by atoms with E-state index in [0.717, 1.165) is 5.75 Å². The summed E-state index contributed by atoms with van der Waals surface area (Å²) in [6.45, 7) is 0.543. The van der Waals surface area contributed by atoms with Gasteiger partial charge in [0.05, 0.1) is 19.3 Å². The highest BCUT2D eigenvalue weighted by Gasteiger charge is 2.13. The van der Waals surface area contributed by atoms with Crippen molar-refractivity contribution in [1.29, 1.82) is 0 Å². The van der Waals surface area contributed by atoms with Gasteiger partial charge in [0.25, 0.3) is 0 Å². The summed E-state index contributed by atoms with van der Waals surface area (Å²) in [5.74, 6) is 0.711. The minimum atomic E-state index is -0.632. The number of rotatable bonds is 6. The summed E-state index contributed by atoms with van der Waals surface area (Å²) in [4.78, 5) is 26.3. The standard InChI is InChI=1S/C13H19NO4S/c1-17-13(16)11-8-14-12(7-10(11)9-15)18-5-6-19(2,3)4/h7-9H,5-6H2,1-4H3. The molecule has 106 valence electrons. The van der Waals surface area contributed by atoms with Gasteiger partial charge in [0, 0.05) is 23.6 Å². The van der Waals surface area contributed by atoms with E-state index in [1.165, 1.54) is 19.4 Å². The van der Waals surface area contributed by atoms with Crippen molar-refractivity contribution in [2.45, 2.75) is 0 Å². The molecular formula is C13H19NO4S. The smallest absolute Gasteiger partial charge is 0.340 e. The summed E-state index contributed by atoms with van der Waals surface area (Å²) in [7, 11) is 0.625. The third-order valence-electron chi connectivity index (χ3n) is 2.39. The average Bonchev–Trinajstić information content (AvgIpc) is 2.36. The lowest BCUT2D eigenvalue weighted by atomic mass is 10.1. The van der Waals surface area contributed by atoms with Crippen LogP contribution in [0.2, 0.25) is 0 Å². The summed E-state index contributed by atoms with van der Waals surface area (Å²) in [5, 5.41) is 0. The van der Waals surface area contributed by atoms with Gasteiger partial charge in [-0.3, -0.25) is 4.79 Å². The topological polar surface area (TPSA) is 65.5 Å². The van der Waals surface area contributed by atoms with E-state index in [4.69, 9.17) is 4.74 Å². The second-order valence-electron chi connectivity index (χ2n) is 4.86. The number of hydrogen-bond donors (Lipinski definition) is 0. The van der Waals surface area contributed by atoms with E-state index in [1.807, 2.05) is 0 Å². The van der Waals surface area contributed by atoms with Crippen molar-refractivity contribution in [3.8, 4) is 5.88 Å². The van der Waals surface area contributed by atoms with Crippen molar-refractivity contribution in [1.82, 2.24) is 4.98 Å². The molecule has 0 saturated carbocycles. The van der Waals surface area contributed by atoms with Gasteiger partial charge < -0.3 is 9.47 Å². The number of methoxy groups -OCH3 is 1.